The van der Waals surface area contributed by atoms with Crippen LogP contribution in [0.15, 0.2) is 36.7 Å². The van der Waals surface area contributed by atoms with Gasteiger partial charge in [-0.3, -0.25) is 4.90 Å². The van der Waals surface area contributed by atoms with E-state index in [0.717, 1.165) is 56.5 Å². The topological polar surface area (TPSA) is 44.4 Å². The van der Waals surface area contributed by atoms with E-state index >= 15 is 0 Å². The molecule has 0 amide bonds. The van der Waals surface area contributed by atoms with Gasteiger partial charge in [-0.25, -0.2) is 4.98 Å². The molecule has 5 nitrogen and oxygen atoms in total. The van der Waals surface area contributed by atoms with E-state index in [9.17, 15) is 0 Å². The lowest BCUT2D eigenvalue weighted by atomic mass is 10.2. The number of aromatic nitrogens is 2. The van der Waals surface area contributed by atoms with Crippen LogP contribution in [0.4, 0.5) is 0 Å². The molecule has 1 saturated heterocycles. The summed E-state index contributed by atoms with van der Waals surface area (Å²) in [6.45, 7) is 6.31. The second kappa shape index (κ2) is 6.74. The maximum Gasteiger partial charge on any atom is 0.137 e. The summed E-state index contributed by atoms with van der Waals surface area (Å²) in [4.78, 5) is 12.2. The van der Waals surface area contributed by atoms with E-state index in [4.69, 9.17) is 4.74 Å². The lowest BCUT2D eigenvalue weighted by Gasteiger charge is -2.32. The first-order valence-corrected chi connectivity index (χ1v) is 7.45. The number of aromatic amines is 1. The molecule has 1 aliphatic rings. The van der Waals surface area contributed by atoms with Gasteiger partial charge >= 0.3 is 0 Å². The van der Waals surface area contributed by atoms with Gasteiger partial charge in [0.2, 0.25) is 0 Å². The van der Waals surface area contributed by atoms with Gasteiger partial charge in [-0.1, -0.05) is 0 Å². The molecule has 5 heteroatoms. The molecule has 0 saturated carbocycles. The molecular weight excluding hydrogens is 264 g/mol. The first kappa shape index (κ1) is 14.1. The number of hydrogen-bond donors (Lipinski definition) is 1. The second-order valence-corrected chi connectivity index (χ2v) is 5.46. The minimum Gasteiger partial charge on any atom is -0.492 e. The van der Waals surface area contributed by atoms with Crippen molar-refractivity contribution < 1.29 is 4.74 Å². The van der Waals surface area contributed by atoms with Crippen molar-refractivity contribution in [1.82, 2.24) is 19.8 Å². The minimum absolute atomic E-state index is 0.740. The summed E-state index contributed by atoms with van der Waals surface area (Å²) >= 11 is 0. The van der Waals surface area contributed by atoms with E-state index in [1.165, 1.54) is 0 Å². The normalized spacial score (nSPS) is 17.0. The smallest absolute Gasteiger partial charge is 0.137 e. The Hall–Kier alpha value is -1.85. The van der Waals surface area contributed by atoms with Gasteiger partial charge in [-0.05, 0) is 31.3 Å². The van der Waals surface area contributed by atoms with Gasteiger partial charge in [-0.15, -0.1) is 0 Å². The van der Waals surface area contributed by atoms with Gasteiger partial charge in [0.1, 0.15) is 18.2 Å². The molecule has 21 heavy (non-hydrogen) atoms. The number of nitrogens with one attached hydrogen (secondary N) is 1. The Balaban J connectivity index is 1.45. The highest BCUT2D eigenvalue weighted by Gasteiger charge is 2.13. The van der Waals surface area contributed by atoms with Crippen LogP contribution >= 0.6 is 0 Å². The van der Waals surface area contributed by atoms with E-state index in [2.05, 4.69) is 26.8 Å². The quantitative estimate of drug-likeness (QED) is 0.908. The van der Waals surface area contributed by atoms with Crippen LogP contribution in [-0.2, 0) is 0 Å². The van der Waals surface area contributed by atoms with E-state index in [0.29, 0.717) is 0 Å². The van der Waals surface area contributed by atoms with Crippen molar-refractivity contribution in [2.24, 2.45) is 0 Å². The lowest BCUT2D eigenvalue weighted by molar-refractivity contribution is 0.134. The number of hydrogen-bond acceptors (Lipinski definition) is 4. The molecule has 2 heterocycles. The molecule has 1 fully saturated rings. The summed E-state index contributed by atoms with van der Waals surface area (Å²) in [6.07, 6.45) is 3.59. The average Bonchev–Trinajstić information content (AvgIpc) is 3.04. The molecule has 0 spiro atoms. The Morgan fingerprint density at radius 1 is 1.14 bits per heavy atom. The third kappa shape index (κ3) is 3.83. The van der Waals surface area contributed by atoms with Gasteiger partial charge in [0.05, 0.1) is 0 Å². The highest BCUT2D eigenvalue weighted by Crippen LogP contribution is 2.19. The minimum atomic E-state index is 0.740. The fraction of sp³-hybridized carbons (Fsp3) is 0.438. The van der Waals surface area contributed by atoms with E-state index in [1.807, 2.05) is 30.5 Å². The van der Waals surface area contributed by atoms with Gasteiger partial charge < -0.3 is 14.6 Å². The van der Waals surface area contributed by atoms with Crippen molar-refractivity contribution in [2.75, 3.05) is 46.4 Å². The van der Waals surface area contributed by atoms with E-state index in [1.54, 1.807) is 6.20 Å². The molecule has 0 atom stereocenters. The monoisotopic (exact) mass is 286 g/mol. The van der Waals surface area contributed by atoms with Crippen LogP contribution in [0.1, 0.15) is 0 Å². The molecule has 0 radical (unpaired) electrons. The molecule has 0 unspecified atom stereocenters. The summed E-state index contributed by atoms with van der Waals surface area (Å²) in [6, 6.07) is 8.07. The van der Waals surface area contributed by atoms with Crippen molar-refractivity contribution in [1.29, 1.82) is 0 Å². The van der Waals surface area contributed by atoms with Crippen LogP contribution in [0.3, 0.4) is 0 Å². The van der Waals surface area contributed by atoms with Crippen molar-refractivity contribution in [2.45, 2.75) is 0 Å². The maximum absolute atomic E-state index is 5.82. The molecule has 112 valence electrons. The fourth-order valence-electron chi connectivity index (χ4n) is 2.50. The van der Waals surface area contributed by atoms with E-state index in [-0.39, 0.29) is 0 Å². The lowest BCUT2D eigenvalue weighted by Crippen LogP contribution is -2.45. The number of H-pyrrole nitrogens is 1. The SMILES string of the molecule is CN1CCN(CCOc2ccc(-c3ncc[nH]3)cc2)CC1. The van der Waals surface area contributed by atoms with Crippen LogP contribution in [0, 0.1) is 0 Å². The Bertz CT molecular complexity index is 530. The predicted octanol–water partition coefficient (Wildman–Crippen LogP) is 1.70. The van der Waals surface area contributed by atoms with Crippen molar-refractivity contribution in [3.8, 4) is 17.1 Å². The predicted molar refractivity (Wildman–Crippen MR) is 83.5 cm³/mol. The first-order chi connectivity index (χ1) is 10.3. The third-order valence-electron chi connectivity index (χ3n) is 3.90. The molecule has 3 rings (SSSR count). The van der Waals surface area contributed by atoms with Crippen LogP contribution < -0.4 is 4.74 Å². The summed E-state index contributed by atoms with van der Waals surface area (Å²) in [5, 5.41) is 0. The van der Waals surface area contributed by atoms with Crippen molar-refractivity contribution >= 4 is 0 Å². The molecule has 2 aromatic rings. The van der Waals surface area contributed by atoms with Crippen LogP contribution in [0.25, 0.3) is 11.4 Å². The summed E-state index contributed by atoms with van der Waals surface area (Å²) in [7, 11) is 2.18. The molecule has 1 N–H and O–H groups in total. The van der Waals surface area contributed by atoms with Crippen LogP contribution in [-0.4, -0.2) is 66.1 Å². The number of benzene rings is 1. The van der Waals surface area contributed by atoms with Crippen LogP contribution in [0.5, 0.6) is 5.75 Å². The zero-order chi connectivity index (χ0) is 14.5. The maximum atomic E-state index is 5.82. The Labute approximate surface area is 125 Å². The molecule has 1 aromatic heterocycles. The number of piperazine rings is 1. The number of ether oxygens (including phenoxy) is 1. The number of nitrogens with zero attached hydrogens (tertiary/aromatic N) is 3. The summed E-state index contributed by atoms with van der Waals surface area (Å²) in [5.74, 6) is 1.80. The van der Waals surface area contributed by atoms with Gasteiger partial charge in [-0.2, -0.15) is 0 Å². The summed E-state index contributed by atoms with van der Waals surface area (Å²) in [5.41, 5.74) is 1.08. The third-order valence-corrected chi connectivity index (χ3v) is 3.90. The average molecular weight is 286 g/mol. The van der Waals surface area contributed by atoms with E-state index < -0.39 is 0 Å². The fourth-order valence-corrected chi connectivity index (χ4v) is 2.50. The number of likely N-dealkylation sites (N-methyl/N-ethyl adjacent to an activating group) is 1. The molecule has 0 bridgehead atoms. The van der Waals surface area contributed by atoms with Crippen LogP contribution in [0.2, 0.25) is 0 Å². The Morgan fingerprint density at radius 2 is 1.90 bits per heavy atom. The molecule has 1 aromatic carbocycles. The van der Waals surface area contributed by atoms with Gasteiger partial charge in [0, 0.05) is 50.7 Å². The molecule has 0 aliphatic carbocycles. The highest BCUT2D eigenvalue weighted by atomic mass is 16.5. The molecule has 1 aliphatic heterocycles. The zero-order valence-corrected chi connectivity index (χ0v) is 12.5. The highest BCUT2D eigenvalue weighted by molar-refractivity contribution is 5.55. The largest absolute Gasteiger partial charge is 0.492 e. The first-order valence-electron chi connectivity index (χ1n) is 7.45. The Morgan fingerprint density at radius 3 is 2.57 bits per heavy atom. The zero-order valence-electron chi connectivity index (χ0n) is 12.5. The van der Waals surface area contributed by atoms with Gasteiger partial charge in [0.15, 0.2) is 0 Å². The second-order valence-electron chi connectivity index (χ2n) is 5.46. The van der Waals surface area contributed by atoms with Crippen molar-refractivity contribution in [3.63, 3.8) is 0 Å². The number of rotatable bonds is 5. The Kier molecular flexibility index (Phi) is 4.52. The van der Waals surface area contributed by atoms with Gasteiger partial charge in [0.25, 0.3) is 0 Å². The number of imidazole rings is 1. The van der Waals surface area contributed by atoms with Crippen molar-refractivity contribution in [3.05, 3.63) is 36.7 Å². The summed E-state index contributed by atoms with van der Waals surface area (Å²) < 4.78 is 5.82. The standard InChI is InChI=1S/C16H22N4O/c1-19-8-10-20(11-9-19)12-13-21-15-4-2-14(3-5-15)16-17-6-7-18-16/h2-7H,8-13H2,1H3,(H,17,18). The molecular formula is C16H22N4O.